The summed E-state index contributed by atoms with van der Waals surface area (Å²) in [6, 6.07) is 10.8. The van der Waals surface area contributed by atoms with Crippen LogP contribution in [0.2, 0.25) is 0 Å². The Labute approximate surface area is 192 Å². The van der Waals surface area contributed by atoms with Crippen LogP contribution in [-0.4, -0.2) is 50.4 Å². The average Bonchev–Trinajstić information content (AvgIpc) is 3.54. The van der Waals surface area contributed by atoms with Crippen LogP contribution in [0.1, 0.15) is 28.8 Å². The van der Waals surface area contributed by atoms with Gasteiger partial charge in [-0.15, -0.1) is 16.4 Å². The third kappa shape index (κ3) is 4.31. The summed E-state index contributed by atoms with van der Waals surface area (Å²) in [5.41, 5.74) is 1.21. The van der Waals surface area contributed by atoms with Gasteiger partial charge < -0.3 is 5.32 Å². The van der Waals surface area contributed by atoms with Crippen molar-refractivity contribution in [2.75, 3.05) is 16.8 Å². The summed E-state index contributed by atoms with van der Waals surface area (Å²) in [5.74, 6) is -0.104. The van der Waals surface area contributed by atoms with Crippen LogP contribution in [0.25, 0.3) is 16.4 Å². The van der Waals surface area contributed by atoms with Crippen molar-refractivity contribution in [3.8, 4) is 16.4 Å². The highest BCUT2D eigenvalue weighted by molar-refractivity contribution is 7.91. The van der Waals surface area contributed by atoms with Crippen molar-refractivity contribution in [1.82, 2.24) is 24.5 Å². The summed E-state index contributed by atoms with van der Waals surface area (Å²) < 4.78 is 40.3. The molecule has 0 saturated carbocycles. The highest BCUT2D eigenvalue weighted by Crippen LogP contribution is 2.28. The Morgan fingerprint density at radius 1 is 1.21 bits per heavy atom. The molecule has 1 N–H and O–H groups in total. The molecule has 0 aliphatic carbocycles. The van der Waals surface area contributed by atoms with Crippen molar-refractivity contribution >= 4 is 32.9 Å². The summed E-state index contributed by atoms with van der Waals surface area (Å²) in [6.45, 7) is 1.77. The molecule has 1 unspecified atom stereocenters. The molecular formula is C21H19FN6O3S2. The molecule has 3 aromatic heterocycles. The van der Waals surface area contributed by atoms with Crippen LogP contribution < -0.4 is 5.32 Å². The number of nitrogens with zero attached hydrogens (tertiary/aromatic N) is 5. The number of sulfone groups is 1. The Kier molecular flexibility index (Phi) is 5.33. The lowest BCUT2D eigenvalue weighted by Crippen LogP contribution is -2.20. The van der Waals surface area contributed by atoms with E-state index in [1.165, 1.54) is 28.2 Å². The molecule has 1 atom stereocenters. The smallest absolute Gasteiger partial charge is 0.296 e. The molecule has 1 aromatic carbocycles. The molecule has 4 aromatic rings. The van der Waals surface area contributed by atoms with E-state index in [0.29, 0.717) is 29.4 Å². The van der Waals surface area contributed by atoms with Crippen LogP contribution in [0.3, 0.4) is 0 Å². The topological polar surface area (TPSA) is 112 Å². The van der Waals surface area contributed by atoms with Crippen molar-refractivity contribution in [2.45, 2.75) is 19.4 Å². The van der Waals surface area contributed by atoms with Crippen molar-refractivity contribution in [3.05, 3.63) is 65.2 Å². The van der Waals surface area contributed by atoms with E-state index in [-0.39, 0.29) is 29.2 Å². The summed E-state index contributed by atoms with van der Waals surface area (Å²) in [6.07, 6.45) is 0.437. The summed E-state index contributed by atoms with van der Waals surface area (Å²) in [7, 11) is -3.12. The van der Waals surface area contributed by atoms with Gasteiger partial charge in [0.25, 0.3) is 5.91 Å². The number of anilines is 1. The Bertz CT molecular complexity index is 1430. The van der Waals surface area contributed by atoms with E-state index in [1.807, 2.05) is 17.5 Å². The van der Waals surface area contributed by atoms with Crippen molar-refractivity contribution in [3.63, 3.8) is 0 Å². The number of carbonyl (C=O) groups excluding carboxylic acids is 1. The second kappa shape index (κ2) is 8.19. The minimum atomic E-state index is -3.12. The number of hydrogen-bond acceptors (Lipinski definition) is 7. The molecule has 0 radical (unpaired) electrons. The number of carbonyl (C=O) groups is 1. The summed E-state index contributed by atoms with van der Waals surface area (Å²) in [4.78, 5) is 18.3. The van der Waals surface area contributed by atoms with Crippen molar-refractivity contribution < 1.29 is 17.6 Å². The first kappa shape index (κ1) is 21.5. The van der Waals surface area contributed by atoms with Crippen LogP contribution in [0.5, 0.6) is 0 Å². The fraction of sp³-hybridized carbons (Fsp3) is 0.238. The van der Waals surface area contributed by atoms with E-state index in [1.54, 1.807) is 29.8 Å². The minimum absolute atomic E-state index is 0.0169. The quantitative estimate of drug-likeness (QED) is 0.464. The van der Waals surface area contributed by atoms with Gasteiger partial charge in [0, 0.05) is 6.07 Å². The minimum Gasteiger partial charge on any atom is -0.304 e. The van der Waals surface area contributed by atoms with Gasteiger partial charge in [-0.1, -0.05) is 6.07 Å². The molecule has 33 heavy (non-hydrogen) atoms. The van der Waals surface area contributed by atoms with Gasteiger partial charge in [0.2, 0.25) is 5.82 Å². The lowest BCUT2D eigenvalue weighted by atomic mass is 10.3. The molecule has 1 aliphatic heterocycles. The number of aryl methyl sites for hydroxylation is 1. The second-order valence-electron chi connectivity index (χ2n) is 7.75. The lowest BCUT2D eigenvalue weighted by molar-refractivity contribution is 0.101. The fourth-order valence-electron chi connectivity index (χ4n) is 3.76. The maximum absolute atomic E-state index is 13.4. The zero-order valence-electron chi connectivity index (χ0n) is 17.5. The zero-order chi connectivity index (χ0) is 23.2. The number of benzene rings is 1. The van der Waals surface area contributed by atoms with E-state index in [2.05, 4.69) is 20.5 Å². The average molecular weight is 487 g/mol. The third-order valence-electron chi connectivity index (χ3n) is 5.28. The molecule has 12 heteroatoms. The van der Waals surface area contributed by atoms with E-state index in [4.69, 9.17) is 0 Å². The molecule has 5 rings (SSSR count). The molecule has 1 fully saturated rings. The molecule has 4 heterocycles. The largest absolute Gasteiger partial charge is 0.304 e. The van der Waals surface area contributed by atoms with E-state index in [0.717, 1.165) is 4.88 Å². The third-order valence-corrected chi connectivity index (χ3v) is 7.89. The van der Waals surface area contributed by atoms with Gasteiger partial charge in [-0.2, -0.15) is 5.10 Å². The molecular weight excluding hydrogens is 467 g/mol. The Morgan fingerprint density at radius 3 is 2.67 bits per heavy atom. The molecule has 1 aliphatic rings. The number of aromatic nitrogens is 5. The number of hydrogen-bond donors (Lipinski definition) is 1. The fourth-order valence-corrected chi connectivity index (χ4v) is 6.16. The Balaban J connectivity index is 1.48. The van der Waals surface area contributed by atoms with Gasteiger partial charge in [-0.3, -0.25) is 4.79 Å². The number of nitrogens with one attached hydrogen (secondary N) is 1. The molecule has 0 spiro atoms. The first-order valence-electron chi connectivity index (χ1n) is 10.1. The van der Waals surface area contributed by atoms with Crippen LogP contribution in [0.15, 0.2) is 47.8 Å². The number of amides is 1. The van der Waals surface area contributed by atoms with Crippen LogP contribution in [0.4, 0.5) is 10.2 Å². The standard InChI is InChI=1S/C21H19FN6O3S2/c1-13-11-18(27(25-13)16-8-10-33(30,31)12-16)23-21(29)19-24-20(17-3-2-9-32-17)28(26-19)15-6-4-14(22)5-7-15/h2-7,9,11,16H,8,10,12H2,1H3,(H,23,29). The predicted octanol–water partition coefficient (Wildman–Crippen LogP) is 3.25. The normalized spacial score (nSPS) is 17.3. The van der Waals surface area contributed by atoms with Gasteiger partial charge in [0.1, 0.15) is 11.6 Å². The number of halogens is 1. The summed E-state index contributed by atoms with van der Waals surface area (Å²) >= 11 is 1.44. The zero-order valence-corrected chi connectivity index (χ0v) is 19.1. The molecule has 0 bridgehead atoms. The Morgan fingerprint density at radius 2 is 2.00 bits per heavy atom. The van der Waals surface area contributed by atoms with Gasteiger partial charge in [0.05, 0.1) is 33.8 Å². The Hall–Kier alpha value is -3.38. The highest BCUT2D eigenvalue weighted by Gasteiger charge is 2.32. The van der Waals surface area contributed by atoms with Gasteiger partial charge in [-0.25, -0.2) is 27.2 Å². The predicted molar refractivity (Wildman–Crippen MR) is 122 cm³/mol. The lowest BCUT2D eigenvalue weighted by Gasteiger charge is -2.13. The molecule has 9 nitrogen and oxygen atoms in total. The first-order chi connectivity index (χ1) is 15.8. The van der Waals surface area contributed by atoms with Crippen molar-refractivity contribution in [1.29, 1.82) is 0 Å². The van der Waals surface area contributed by atoms with Gasteiger partial charge in [0.15, 0.2) is 15.7 Å². The van der Waals surface area contributed by atoms with E-state index in [9.17, 15) is 17.6 Å². The summed E-state index contributed by atoms with van der Waals surface area (Å²) in [5, 5.41) is 13.4. The second-order valence-corrected chi connectivity index (χ2v) is 10.9. The van der Waals surface area contributed by atoms with Crippen LogP contribution >= 0.6 is 11.3 Å². The number of thiophene rings is 1. The van der Waals surface area contributed by atoms with Crippen LogP contribution in [-0.2, 0) is 9.84 Å². The van der Waals surface area contributed by atoms with Gasteiger partial charge in [-0.05, 0) is 49.1 Å². The monoisotopic (exact) mass is 486 g/mol. The number of rotatable bonds is 5. The maximum Gasteiger partial charge on any atom is 0.296 e. The van der Waals surface area contributed by atoms with E-state index >= 15 is 0 Å². The highest BCUT2D eigenvalue weighted by atomic mass is 32.2. The molecule has 1 amide bonds. The van der Waals surface area contributed by atoms with Gasteiger partial charge >= 0.3 is 0 Å². The van der Waals surface area contributed by atoms with E-state index < -0.39 is 15.7 Å². The first-order valence-corrected chi connectivity index (χ1v) is 12.8. The van der Waals surface area contributed by atoms with Crippen molar-refractivity contribution in [2.24, 2.45) is 0 Å². The maximum atomic E-state index is 13.4. The van der Waals surface area contributed by atoms with Crippen LogP contribution in [0, 0.1) is 12.7 Å². The molecule has 170 valence electrons. The SMILES string of the molecule is Cc1cc(NC(=O)c2nc(-c3cccs3)n(-c3ccc(F)cc3)n2)n(C2CCS(=O)(=O)C2)n1. The molecule has 1 saturated heterocycles.